The van der Waals surface area contributed by atoms with Crippen LogP contribution < -0.4 is 10.2 Å². The van der Waals surface area contributed by atoms with E-state index in [4.69, 9.17) is 35.4 Å². The fourth-order valence-corrected chi connectivity index (χ4v) is 5.50. The molecule has 2 aliphatic rings. The minimum Gasteiger partial charge on any atom is -0.494 e. The molecule has 14 nitrogen and oxygen atoms in total. The summed E-state index contributed by atoms with van der Waals surface area (Å²) >= 11 is 0. The van der Waals surface area contributed by atoms with Gasteiger partial charge in [0.1, 0.15) is 5.75 Å². The number of morpholine rings is 1. The van der Waals surface area contributed by atoms with Crippen LogP contribution in [-0.4, -0.2) is 67.0 Å². The van der Waals surface area contributed by atoms with E-state index >= 15 is 0 Å². The van der Waals surface area contributed by atoms with Crippen molar-refractivity contribution in [2.75, 3.05) is 39.5 Å². The van der Waals surface area contributed by atoms with Crippen molar-refractivity contribution in [2.45, 2.75) is 37.6 Å². The van der Waals surface area contributed by atoms with Crippen LogP contribution in [0.5, 0.6) is 5.75 Å². The lowest BCUT2D eigenvalue weighted by molar-refractivity contribution is -0.136. The standard InChI is InChI=1S/C32H35N9O5/c33-39-35-21-25-7-2-1-6-24(25)20-32(31(43)38-41-14-18-44-19-15-41)29(28-9-4-3-8-26(28)22-36-40-34)46-30(37-32)23-10-12-27(13-11-23)45-17-5-16-42/h1-4,6-13,29,42H,5,14-22H2,(H,38,43)/t29-,32-/m0/s1. The Hall–Kier alpha value is -5.10. The van der Waals surface area contributed by atoms with Gasteiger partial charge in [0, 0.05) is 47.9 Å². The number of rotatable bonds is 14. The summed E-state index contributed by atoms with van der Waals surface area (Å²) in [5, 5.41) is 18.5. The molecule has 2 aliphatic heterocycles. The molecule has 0 spiro atoms. The first-order chi connectivity index (χ1) is 22.6. The molecule has 0 radical (unpaired) electrons. The number of nitrogens with one attached hydrogen (secondary N) is 1. The number of benzene rings is 3. The van der Waals surface area contributed by atoms with Gasteiger partial charge in [-0.1, -0.05) is 58.8 Å². The van der Waals surface area contributed by atoms with Crippen molar-refractivity contribution in [1.29, 1.82) is 0 Å². The number of aliphatic hydroxyl groups excluding tert-OH is 1. The highest BCUT2D eigenvalue weighted by molar-refractivity contribution is 6.01. The SMILES string of the molecule is [N-]=[N+]=NCc1ccccc1C[C@]1(C(=O)NN2CCOCC2)N=C(c2ccc(OCCCO)cc2)O[C@H]1c1ccccc1CN=[N+]=[N-]. The van der Waals surface area contributed by atoms with Crippen LogP contribution >= 0.6 is 0 Å². The Morgan fingerprint density at radius 1 is 0.978 bits per heavy atom. The second-order valence-electron chi connectivity index (χ2n) is 10.8. The molecule has 0 saturated carbocycles. The highest BCUT2D eigenvalue weighted by Crippen LogP contribution is 2.44. The van der Waals surface area contributed by atoms with Gasteiger partial charge in [-0.2, -0.15) is 0 Å². The number of nitrogens with zero attached hydrogens (tertiary/aromatic N) is 8. The van der Waals surface area contributed by atoms with E-state index in [-0.39, 0.29) is 37.9 Å². The molecule has 2 N–H and O–H groups in total. The van der Waals surface area contributed by atoms with E-state index in [9.17, 15) is 4.79 Å². The molecule has 2 heterocycles. The van der Waals surface area contributed by atoms with Crippen LogP contribution in [0, 0.1) is 0 Å². The molecule has 1 fully saturated rings. The van der Waals surface area contributed by atoms with Crippen LogP contribution in [0.15, 0.2) is 88.0 Å². The molecule has 3 aromatic carbocycles. The first-order valence-corrected chi connectivity index (χ1v) is 15.0. The largest absolute Gasteiger partial charge is 0.494 e. The van der Waals surface area contributed by atoms with E-state index < -0.39 is 11.6 Å². The maximum Gasteiger partial charge on any atom is 0.266 e. The van der Waals surface area contributed by atoms with Crippen molar-refractivity contribution in [3.05, 3.63) is 121 Å². The number of hydrazine groups is 1. The second-order valence-corrected chi connectivity index (χ2v) is 10.8. The van der Waals surface area contributed by atoms with Crippen molar-refractivity contribution >= 4 is 11.8 Å². The molecule has 0 bridgehead atoms. The van der Waals surface area contributed by atoms with E-state index in [0.29, 0.717) is 61.8 Å². The Labute approximate surface area is 265 Å². The Morgan fingerprint density at radius 3 is 2.33 bits per heavy atom. The van der Waals surface area contributed by atoms with Gasteiger partial charge in [-0.05, 0) is 57.6 Å². The summed E-state index contributed by atoms with van der Waals surface area (Å²) in [7, 11) is 0. The quantitative estimate of drug-likeness (QED) is 0.110. The maximum atomic E-state index is 14.7. The van der Waals surface area contributed by atoms with Crippen molar-refractivity contribution in [3.63, 3.8) is 0 Å². The van der Waals surface area contributed by atoms with Gasteiger partial charge < -0.3 is 19.3 Å². The fourth-order valence-electron chi connectivity index (χ4n) is 5.50. The van der Waals surface area contributed by atoms with Gasteiger partial charge in [-0.15, -0.1) is 0 Å². The van der Waals surface area contributed by atoms with Gasteiger partial charge in [0.2, 0.25) is 5.90 Å². The predicted octanol–water partition coefficient (Wildman–Crippen LogP) is 4.93. The zero-order valence-electron chi connectivity index (χ0n) is 25.2. The van der Waals surface area contributed by atoms with Gasteiger partial charge in [-0.3, -0.25) is 10.2 Å². The molecular weight excluding hydrogens is 590 g/mol. The van der Waals surface area contributed by atoms with Crippen LogP contribution in [0.25, 0.3) is 20.9 Å². The molecular formula is C32H35N9O5. The summed E-state index contributed by atoms with van der Waals surface area (Å²) in [5.41, 5.74) is 23.2. The van der Waals surface area contributed by atoms with Gasteiger partial charge in [0.15, 0.2) is 11.6 Å². The zero-order chi connectivity index (χ0) is 32.2. The summed E-state index contributed by atoms with van der Waals surface area (Å²) in [4.78, 5) is 25.6. The topological polar surface area (TPSA) is 190 Å². The summed E-state index contributed by atoms with van der Waals surface area (Å²) < 4.78 is 17.9. The second kappa shape index (κ2) is 15.8. The first kappa shape index (κ1) is 32.3. The van der Waals surface area contributed by atoms with Gasteiger partial charge >= 0.3 is 0 Å². The lowest BCUT2D eigenvalue weighted by Crippen LogP contribution is -2.57. The Kier molecular flexibility index (Phi) is 11.1. The summed E-state index contributed by atoms with van der Waals surface area (Å²) in [6.45, 7) is 2.50. The molecule has 14 heteroatoms. The number of hydrogen-bond donors (Lipinski definition) is 2. The molecule has 5 rings (SSSR count). The third-order valence-corrected chi connectivity index (χ3v) is 7.83. The highest BCUT2D eigenvalue weighted by Gasteiger charge is 2.54. The number of ether oxygens (including phenoxy) is 3. The summed E-state index contributed by atoms with van der Waals surface area (Å²) in [6.07, 6.45) is -0.287. The number of aliphatic hydroxyl groups is 1. The van der Waals surface area contributed by atoms with E-state index in [1.54, 1.807) is 12.1 Å². The molecule has 2 atom stereocenters. The van der Waals surface area contributed by atoms with Gasteiger partial charge in [-0.25, -0.2) is 10.0 Å². The lowest BCUT2D eigenvalue weighted by atomic mass is 9.80. The maximum absolute atomic E-state index is 14.7. The summed E-state index contributed by atoms with van der Waals surface area (Å²) in [6, 6.07) is 22.0. The number of azide groups is 2. The minimum atomic E-state index is -1.52. The van der Waals surface area contributed by atoms with E-state index in [2.05, 4.69) is 25.5 Å². The average Bonchev–Trinajstić information content (AvgIpc) is 3.48. The van der Waals surface area contributed by atoms with E-state index in [1.165, 1.54) is 0 Å². The Bertz CT molecular complexity index is 1630. The molecule has 0 aromatic heterocycles. The lowest BCUT2D eigenvalue weighted by Gasteiger charge is -2.35. The zero-order valence-corrected chi connectivity index (χ0v) is 25.2. The van der Waals surface area contributed by atoms with Crippen molar-refractivity contribution < 1.29 is 24.1 Å². The minimum absolute atomic E-state index is 0.0336. The Balaban J connectivity index is 1.64. The Morgan fingerprint density at radius 2 is 1.63 bits per heavy atom. The number of carbonyl (C=O) groups is 1. The molecule has 238 valence electrons. The number of hydrogen-bond acceptors (Lipinski definition) is 9. The van der Waals surface area contributed by atoms with Crippen molar-refractivity contribution in [1.82, 2.24) is 10.4 Å². The van der Waals surface area contributed by atoms with Gasteiger partial charge in [0.05, 0.1) is 32.9 Å². The van der Waals surface area contributed by atoms with E-state index in [0.717, 1.165) is 11.1 Å². The predicted molar refractivity (Wildman–Crippen MR) is 170 cm³/mol. The van der Waals surface area contributed by atoms with Crippen LogP contribution in [0.4, 0.5) is 0 Å². The van der Waals surface area contributed by atoms with Crippen LogP contribution in [0.1, 0.15) is 40.3 Å². The van der Waals surface area contributed by atoms with Gasteiger partial charge in [0.25, 0.3) is 5.91 Å². The third kappa shape index (κ3) is 7.57. The average molecular weight is 626 g/mol. The number of amides is 1. The van der Waals surface area contributed by atoms with Crippen molar-refractivity contribution in [3.8, 4) is 5.75 Å². The molecule has 0 unspecified atom stereocenters. The van der Waals surface area contributed by atoms with Crippen LogP contribution in [-0.2, 0) is 33.8 Å². The van der Waals surface area contributed by atoms with Crippen molar-refractivity contribution in [2.24, 2.45) is 15.2 Å². The fraction of sp³-hybridized carbons (Fsp3) is 0.375. The molecule has 3 aromatic rings. The molecule has 1 saturated heterocycles. The van der Waals surface area contributed by atoms with Crippen LogP contribution in [0.2, 0.25) is 0 Å². The van der Waals surface area contributed by atoms with E-state index in [1.807, 2.05) is 65.7 Å². The summed E-state index contributed by atoms with van der Waals surface area (Å²) in [5.74, 6) is 0.501. The third-order valence-electron chi connectivity index (χ3n) is 7.83. The number of carbonyl (C=O) groups excluding carboxylic acids is 1. The van der Waals surface area contributed by atoms with Crippen LogP contribution in [0.3, 0.4) is 0 Å². The smallest absolute Gasteiger partial charge is 0.266 e. The molecule has 46 heavy (non-hydrogen) atoms. The molecule has 0 aliphatic carbocycles. The normalized spacial score (nSPS) is 19.2. The number of aliphatic imine (C=N–C) groups is 1. The first-order valence-electron chi connectivity index (χ1n) is 15.0. The monoisotopic (exact) mass is 625 g/mol. The highest BCUT2D eigenvalue weighted by atomic mass is 16.5. The molecule has 1 amide bonds.